The molecule has 3 aromatic rings. The predicted octanol–water partition coefficient (Wildman–Crippen LogP) is 4.03. The predicted molar refractivity (Wildman–Crippen MR) is 95.4 cm³/mol. The minimum atomic E-state index is -0.954. The smallest absolute Gasteiger partial charge is 0.335 e. The number of carboxylic acid groups (broad SMARTS) is 1. The number of aromatic carboxylic acids is 1. The molecular formula is C20H15NO4. The van der Waals surface area contributed by atoms with E-state index in [1.165, 1.54) is 6.92 Å². The van der Waals surface area contributed by atoms with Gasteiger partial charge in [-0.05, 0) is 35.9 Å². The molecule has 5 nitrogen and oxygen atoms in total. The largest absolute Gasteiger partial charge is 0.478 e. The van der Waals surface area contributed by atoms with Crippen molar-refractivity contribution in [2.24, 2.45) is 0 Å². The van der Waals surface area contributed by atoms with Crippen LogP contribution in [0, 0.1) is 0 Å². The number of carbonyl (C=O) groups excluding carboxylic acids is 1. The van der Waals surface area contributed by atoms with Gasteiger partial charge < -0.3 is 9.84 Å². The van der Waals surface area contributed by atoms with E-state index in [1.54, 1.807) is 30.3 Å². The molecule has 1 heterocycles. The molecule has 0 saturated carbocycles. The average molecular weight is 333 g/mol. The monoisotopic (exact) mass is 333 g/mol. The van der Waals surface area contributed by atoms with Crippen molar-refractivity contribution in [2.45, 2.75) is 6.92 Å². The number of hydrogen-bond acceptors (Lipinski definition) is 4. The zero-order valence-electron chi connectivity index (χ0n) is 13.5. The van der Waals surface area contributed by atoms with Gasteiger partial charge in [-0.25, -0.2) is 9.78 Å². The molecule has 0 aliphatic heterocycles. The van der Waals surface area contributed by atoms with Crippen molar-refractivity contribution in [1.82, 2.24) is 4.98 Å². The van der Waals surface area contributed by atoms with Crippen LogP contribution >= 0.6 is 0 Å². The lowest BCUT2D eigenvalue weighted by atomic mass is 10.1. The van der Waals surface area contributed by atoms with Crippen LogP contribution < -0.4 is 4.74 Å². The Balaban J connectivity index is 1.90. The molecule has 0 saturated heterocycles. The van der Waals surface area contributed by atoms with Gasteiger partial charge in [-0.15, -0.1) is 0 Å². The highest BCUT2D eigenvalue weighted by molar-refractivity contribution is 5.89. The van der Waals surface area contributed by atoms with Crippen molar-refractivity contribution >= 4 is 35.0 Å². The van der Waals surface area contributed by atoms with E-state index in [4.69, 9.17) is 9.84 Å². The standard InChI is InChI=1S/C20H15NO4/c1-13(22)25-18-4-2-3-15-10-12-17(21-19(15)18)11-7-14-5-8-16(9-6-14)20(23)24/h2-12H,1H3,(H,23,24)/b11-7+. The Morgan fingerprint density at radius 3 is 2.44 bits per heavy atom. The molecule has 5 heteroatoms. The maximum atomic E-state index is 11.2. The summed E-state index contributed by atoms with van der Waals surface area (Å²) in [7, 11) is 0. The van der Waals surface area contributed by atoms with Gasteiger partial charge in [0.25, 0.3) is 0 Å². The number of ether oxygens (including phenoxy) is 1. The molecule has 0 aliphatic rings. The summed E-state index contributed by atoms with van der Waals surface area (Å²) in [6, 6.07) is 15.7. The van der Waals surface area contributed by atoms with Crippen LogP contribution in [0.5, 0.6) is 5.75 Å². The quantitative estimate of drug-likeness (QED) is 0.576. The van der Waals surface area contributed by atoms with E-state index in [0.717, 1.165) is 10.9 Å². The molecule has 0 amide bonds. The van der Waals surface area contributed by atoms with Crippen LogP contribution in [0.4, 0.5) is 0 Å². The number of fused-ring (bicyclic) bond motifs is 1. The van der Waals surface area contributed by atoms with E-state index in [1.807, 2.05) is 36.4 Å². The maximum absolute atomic E-state index is 11.2. The van der Waals surface area contributed by atoms with E-state index in [-0.39, 0.29) is 5.56 Å². The van der Waals surface area contributed by atoms with Crippen LogP contribution in [0.2, 0.25) is 0 Å². The number of rotatable bonds is 4. The van der Waals surface area contributed by atoms with Crippen molar-refractivity contribution in [1.29, 1.82) is 0 Å². The van der Waals surface area contributed by atoms with E-state index in [9.17, 15) is 9.59 Å². The van der Waals surface area contributed by atoms with Gasteiger partial charge in [-0.1, -0.05) is 36.4 Å². The molecule has 0 spiro atoms. The summed E-state index contributed by atoms with van der Waals surface area (Å²) in [5, 5.41) is 9.79. The second kappa shape index (κ2) is 6.97. The number of esters is 1. The lowest BCUT2D eigenvalue weighted by molar-refractivity contribution is -0.131. The first-order chi connectivity index (χ1) is 12.0. The summed E-state index contributed by atoms with van der Waals surface area (Å²) < 4.78 is 5.20. The number of aromatic nitrogens is 1. The van der Waals surface area contributed by atoms with Gasteiger partial charge in [0.1, 0.15) is 5.52 Å². The van der Waals surface area contributed by atoms with Crippen LogP contribution in [-0.4, -0.2) is 22.0 Å². The molecule has 0 fully saturated rings. The van der Waals surface area contributed by atoms with Gasteiger partial charge in [0.15, 0.2) is 5.75 Å². The van der Waals surface area contributed by atoms with Gasteiger partial charge in [0, 0.05) is 12.3 Å². The zero-order chi connectivity index (χ0) is 17.8. The molecule has 0 bridgehead atoms. The zero-order valence-corrected chi connectivity index (χ0v) is 13.5. The molecule has 25 heavy (non-hydrogen) atoms. The van der Waals surface area contributed by atoms with Crippen molar-refractivity contribution in [3.05, 3.63) is 71.4 Å². The minimum absolute atomic E-state index is 0.243. The third-order valence-corrected chi connectivity index (χ3v) is 3.56. The summed E-state index contributed by atoms with van der Waals surface area (Å²) in [5.74, 6) is -0.926. The first-order valence-electron chi connectivity index (χ1n) is 7.62. The lowest BCUT2D eigenvalue weighted by Gasteiger charge is -2.06. The molecule has 2 aromatic carbocycles. The van der Waals surface area contributed by atoms with Gasteiger partial charge >= 0.3 is 11.9 Å². The van der Waals surface area contributed by atoms with E-state index < -0.39 is 11.9 Å². The lowest BCUT2D eigenvalue weighted by Crippen LogP contribution is -2.02. The van der Waals surface area contributed by atoms with E-state index >= 15 is 0 Å². The van der Waals surface area contributed by atoms with Crippen LogP contribution in [0.3, 0.4) is 0 Å². The van der Waals surface area contributed by atoms with Gasteiger partial charge in [0.05, 0.1) is 11.3 Å². The van der Waals surface area contributed by atoms with Gasteiger partial charge in [0.2, 0.25) is 0 Å². The first kappa shape index (κ1) is 16.4. The second-order valence-corrected chi connectivity index (χ2v) is 5.42. The summed E-state index contributed by atoms with van der Waals surface area (Å²) in [6.07, 6.45) is 3.66. The number of carbonyl (C=O) groups is 2. The third kappa shape index (κ3) is 3.90. The highest BCUT2D eigenvalue weighted by Gasteiger charge is 2.06. The van der Waals surface area contributed by atoms with E-state index in [2.05, 4.69) is 4.98 Å². The fourth-order valence-corrected chi connectivity index (χ4v) is 2.38. The van der Waals surface area contributed by atoms with Crippen LogP contribution in [0.1, 0.15) is 28.5 Å². The van der Waals surface area contributed by atoms with Gasteiger partial charge in [-0.3, -0.25) is 4.79 Å². The first-order valence-corrected chi connectivity index (χ1v) is 7.62. The van der Waals surface area contributed by atoms with Crippen LogP contribution in [0.15, 0.2) is 54.6 Å². The Hall–Kier alpha value is -3.47. The second-order valence-electron chi connectivity index (χ2n) is 5.42. The van der Waals surface area contributed by atoms with E-state index in [0.29, 0.717) is 17.0 Å². The Bertz CT molecular complexity index is 975. The Morgan fingerprint density at radius 2 is 1.76 bits per heavy atom. The van der Waals surface area contributed by atoms with Crippen LogP contribution in [-0.2, 0) is 4.79 Å². The fourth-order valence-electron chi connectivity index (χ4n) is 2.38. The number of hydrogen-bond donors (Lipinski definition) is 1. The molecule has 0 unspecified atom stereocenters. The maximum Gasteiger partial charge on any atom is 0.335 e. The van der Waals surface area contributed by atoms with Crippen molar-refractivity contribution in [3.8, 4) is 5.75 Å². The highest BCUT2D eigenvalue weighted by atomic mass is 16.5. The van der Waals surface area contributed by atoms with Gasteiger partial charge in [-0.2, -0.15) is 0 Å². The molecule has 3 rings (SSSR count). The van der Waals surface area contributed by atoms with Crippen molar-refractivity contribution in [2.75, 3.05) is 0 Å². The molecule has 1 N–H and O–H groups in total. The Morgan fingerprint density at radius 1 is 1.00 bits per heavy atom. The van der Waals surface area contributed by atoms with Crippen molar-refractivity contribution < 1.29 is 19.4 Å². The summed E-state index contributed by atoms with van der Waals surface area (Å²) in [6.45, 7) is 1.35. The highest BCUT2D eigenvalue weighted by Crippen LogP contribution is 2.24. The molecule has 1 aromatic heterocycles. The number of para-hydroxylation sites is 1. The Kier molecular flexibility index (Phi) is 4.57. The summed E-state index contributed by atoms with van der Waals surface area (Å²) in [5.41, 5.74) is 2.42. The third-order valence-electron chi connectivity index (χ3n) is 3.56. The van der Waals surface area contributed by atoms with Crippen LogP contribution in [0.25, 0.3) is 23.1 Å². The normalized spacial score (nSPS) is 10.9. The number of pyridine rings is 1. The minimum Gasteiger partial charge on any atom is -0.478 e. The summed E-state index contributed by atoms with van der Waals surface area (Å²) in [4.78, 5) is 26.6. The number of benzene rings is 2. The molecular weight excluding hydrogens is 318 g/mol. The molecule has 124 valence electrons. The number of nitrogens with zero attached hydrogens (tertiary/aromatic N) is 1. The number of carboxylic acids is 1. The Labute approximate surface area is 144 Å². The molecule has 0 radical (unpaired) electrons. The average Bonchev–Trinajstić information content (AvgIpc) is 2.60. The fraction of sp³-hybridized carbons (Fsp3) is 0.0500. The summed E-state index contributed by atoms with van der Waals surface area (Å²) >= 11 is 0. The van der Waals surface area contributed by atoms with Crippen molar-refractivity contribution in [3.63, 3.8) is 0 Å². The molecule has 0 aliphatic carbocycles. The molecule has 0 atom stereocenters. The SMILES string of the molecule is CC(=O)Oc1cccc2ccc(/C=C/c3ccc(C(=O)O)cc3)nc12. The topological polar surface area (TPSA) is 76.5 Å².